The number of likely N-dealkylation sites (tertiary alicyclic amines) is 1. The minimum absolute atomic E-state index is 0.236. The average molecular weight is 339 g/mol. The number of piperidine rings is 1. The number of pyridine rings is 2. The molecule has 1 unspecified atom stereocenters. The summed E-state index contributed by atoms with van der Waals surface area (Å²) >= 11 is 0. The van der Waals surface area contributed by atoms with E-state index in [4.69, 9.17) is 5.73 Å². The number of hydrogen-bond acceptors (Lipinski definition) is 5. The Kier molecular flexibility index (Phi) is 5.95. The minimum atomic E-state index is -0.236. The second kappa shape index (κ2) is 8.58. The number of nitrogens with two attached hydrogens (primary N) is 1. The van der Waals surface area contributed by atoms with Crippen LogP contribution in [0.5, 0.6) is 0 Å². The Morgan fingerprint density at radius 2 is 2.12 bits per heavy atom. The molecule has 3 heterocycles. The Morgan fingerprint density at radius 1 is 1.24 bits per heavy atom. The van der Waals surface area contributed by atoms with Crippen molar-refractivity contribution in [2.45, 2.75) is 25.7 Å². The van der Waals surface area contributed by atoms with Crippen LogP contribution in [-0.2, 0) is 11.2 Å². The molecule has 6 heteroatoms. The molecule has 1 aliphatic heterocycles. The molecular weight excluding hydrogens is 314 g/mol. The zero-order chi connectivity index (χ0) is 17.5. The number of aryl methyl sites for hydroxylation is 1. The molecule has 2 aromatic rings. The highest BCUT2D eigenvalue weighted by atomic mass is 16.1. The Balaban J connectivity index is 1.53. The first-order chi connectivity index (χ1) is 12.2. The van der Waals surface area contributed by atoms with Gasteiger partial charge >= 0.3 is 0 Å². The van der Waals surface area contributed by atoms with Gasteiger partial charge in [-0.15, -0.1) is 0 Å². The van der Waals surface area contributed by atoms with Crippen molar-refractivity contribution >= 4 is 17.5 Å². The van der Waals surface area contributed by atoms with Gasteiger partial charge in [-0.2, -0.15) is 0 Å². The van der Waals surface area contributed by atoms with E-state index in [1.165, 1.54) is 12.0 Å². The van der Waals surface area contributed by atoms with Gasteiger partial charge in [0, 0.05) is 18.9 Å². The predicted molar refractivity (Wildman–Crippen MR) is 98.4 cm³/mol. The Labute approximate surface area is 148 Å². The number of nitrogens with zero attached hydrogens (tertiary/aromatic N) is 3. The quantitative estimate of drug-likeness (QED) is 0.809. The molecule has 25 heavy (non-hydrogen) atoms. The van der Waals surface area contributed by atoms with E-state index in [2.05, 4.69) is 32.3 Å². The van der Waals surface area contributed by atoms with E-state index >= 15 is 0 Å². The lowest BCUT2D eigenvalue weighted by Gasteiger charge is -2.31. The summed E-state index contributed by atoms with van der Waals surface area (Å²) in [6.45, 7) is 2.32. The third kappa shape index (κ3) is 5.53. The molecule has 1 saturated heterocycles. The fraction of sp³-hybridized carbons (Fsp3) is 0.421. The van der Waals surface area contributed by atoms with Crippen molar-refractivity contribution in [3.8, 4) is 0 Å². The number of carbonyl (C=O) groups is 1. The maximum atomic E-state index is 11.1. The van der Waals surface area contributed by atoms with Crippen LogP contribution in [0.4, 0.5) is 11.6 Å². The summed E-state index contributed by atoms with van der Waals surface area (Å²) in [6, 6.07) is 9.90. The number of rotatable bonds is 7. The first-order valence-corrected chi connectivity index (χ1v) is 8.82. The summed E-state index contributed by atoms with van der Waals surface area (Å²) in [6.07, 6.45) is 8.07. The first kappa shape index (κ1) is 17.4. The highest BCUT2D eigenvalue weighted by Gasteiger charge is 2.20. The van der Waals surface area contributed by atoms with Gasteiger partial charge in [0.25, 0.3) is 0 Å². The zero-order valence-corrected chi connectivity index (χ0v) is 14.4. The van der Waals surface area contributed by atoms with Crippen LogP contribution in [-0.4, -0.2) is 40.4 Å². The van der Waals surface area contributed by atoms with Crippen LogP contribution in [0.15, 0.2) is 42.7 Å². The number of amides is 1. The normalized spacial score (nSPS) is 18.0. The van der Waals surface area contributed by atoms with Crippen molar-refractivity contribution in [3.63, 3.8) is 0 Å². The molecule has 0 bridgehead atoms. The molecule has 3 rings (SSSR count). The van der Waals surface area contributed by atoms with Gasteiger partial charge in [0.1, 0.15) is 11.6 Å². The zero-order valence-electron chi connectivity index (χ0n) is 14.4. The van der Waals surface area contributed by atoms with Crippen molar-refractivity contribution in [2.24, 2.45) is 11.7 Å². The summed E-state index contributed by atoms with van der Waals surface area (Å²) in [7, 11) is 0. The van der Waals surface area contributed by atoms with Crippen LogP contribution >= 0.6 is 0 Å². The van der Waals surface area contributed by atoms with E-state index in [9.17, 15) is 4.79 Å². The SMILES string of the molecule is NC(=O)CN1CCCC(CCc2ccnc(Nc3ccccn3)c2)C1. The van der Waals surface area contributed by atoms with E-state index < -0.39 is 0 Å². The smallest absolute Gasteiger partial charge is 0.231 e. The lowest BCUT2D eigenvalue weighted by atomic mass is 9.92. The Morgan fingerprint density at radius 3 is 2.92 bits per heavy atom. The van der Waals surface area contributed by atoms with Crippen molar-refractivity contribution in [1.29, 1.82) is 0 Å². The van der Waals surface area contributed by atoms with Gasteiger partial charge in [-0.1, -0.05) is 6.07 Å². The Bertz CT molecular complexity index is 691. The predicted octanol–water partition coefficient (Wildman–Crippen LogP) is 2.35. The molecule has 2 aromatic heterocycles. The number of nitrogens with one attached hydrogen (secondary N) is 1. The molecule has 0 saturated carbocycles. The van der Waals surface area contributed by atoms with Gasteiger partial charge in [0.15, 0.2) is 0 Å². The highest BCUT2D eigenvalue weighted by molar-refractivity contribution is 5.75. The number of carbonyl (C=O) groups excluding carboxylic acids is 1. The minimum Gasteiger partial charge on any atom is -0.369 e. The van der Waals surface area contributed by atoms with E-state index in [0.29, 0.717) is 12.5 Å². The van der Waals surface area contributed by atoms with Gasteiger partial charge in [0.2, 0.25) is 5.91 Å². The van der Waals surface area contributed by atoms with Crippen molar-refractivity contribution in [3.05, 3.63) is 48.3 Å². The number of aromatic nitrogens is 2. The second-order valence-electron chi connectivity index (χ2n) is 6.64. The van der Waals surface area contributed by atoms with Crippen molar-refractivity contribution < 1.29 is 4.79 Å². The largest absolute Gasteiger partial charge is 0.369 e. The van der Waals surface area contributed by atoms with Crippen LogP contribution in [0.3, 0.4) is 0 Å². The van der Waals surface area contributed by atoms with Crippen molar-refractivity contribution in [1.82, 2.24) is 14.9 Å². The summed E-state index contributed by atoms with van der Waals surface area (Å²) in [4.78, 5) is 21.9. The molecule has 6 nitrogen and oxygen atoms in total. The first-order valence-electron chi connectivity index (χ1n) is 8.82. The maximum Gasteiger partial charge on any atom is 0.231 e. The molecule has 0 aliphatic carbocycles. The summed E-state index contributed by atoms with van der Waals surface area (Å²) < 4.78 is 0. The van der Waals surface area contributed by atoms with Crippen molar-refractivity contribution in [2.75, 3.05) is 25.0 Å². The van der Waals surface area contributed by atoms with Gasteiger partial charge in [0.05, 0.1) is 6.54 Å². The summed E-state index contributed by atoms with van der Waals surface area (Å²) in [5, 5.41) is 3.23. The second-order valence-corrected chi connectivity index (χ2v) is 6.64. The van der Waals surface area contributed by atoms with Gasteiger partial charge in [-0.3, -0.25) is 9.69 Å². The molecular formula is C19H25N5O. The van der Waals surface area contributed by atoms with Crippen LogP contribution in [0, 0.1) is 5.92 Å². The third-order valence-electron chi connectivity index (χ3n) is 4.57. The molecule has 0 spiro atoms. The average Bonchev–Trinajstić information content (AvgIpc) is 2.61. The lowest BCUT2D eigenvalue weighted by molar-refractivity contribution is -0.119. The molecule has 1 atom stereocenters. The maximum absolute atomic E-state index is 11.1. The highest BCUT2D eigenvalue weighted by Crippen LogP contribution is 2.22. The van der Waals surface area contributed by atoms with Crippen LogP contribution in [0.1, 0.15) is 24.8 Å². The summed E-state index contributed by atoms with van der Waals surface area (Å²) in [5.41, 5.74) is 6.58. The number of primary amides is 1. The standard InChI is InChI=1S/C19H25N5O/c20-17(25)14-24-11-3-4-16(13-24)7-6-15-8-10-22-19(12-15)23-18-5-1-2-9-21-18/h1-2,5,8-10,12,16H,3-4,6-7,11,13-14H2,(H2,20,25)(H,21,22,23). The molecule has 1 amide bonds. The van der Waals surface area contributed by atoms with E-state index in [-0.39, 0.29) is 5.91 Å². The molecule has 3 N–H and O–H groups in total. The third-order valence-corrected chi connectivity index (χ3v) is 4.57. The van der Waals surface area contributed by atoms with Crippen LogP contribution in [0.25, 0.3) is 0 Å². The van der Waals surface area contributed by atoms with Crippen LogP contribution < -0.4 is 11.1 Å². The van der Waals surface area contributed by atoms with Gasteiger partial charge < -0.3 is 11.1 Å². The molecule has 132 valence electrons. The fourth-order valence-electron chi connectivity index (χ4n) is 3.39. The molecule has 1 aliphatic rings. The summed E-state index contributed by atoms with van der Waals surface area (Å²) in [5.74, 6) is 1.99. The fourth-order valence-corrected chi connectivity index (χ4v) is 3.39. The van der Waals surface area contributed by atoms with E-state index in [1.807, 2.05) is 24.4 Å². The molecule has 0 radical (unpaired) electrons. The molecule has 0 aromatic carbocycles. The lowest BCUT2D eigenvalue weighted by Crippen LogP contribution is -2.40. The van der Waals surface area contributed by atoms with E-state index in [1.54, 1.807) is 6.20 Å². The topological polar surface area (TPSA) is 84.1 Å². The number of hydrogen-bond donors (Lipinski definition) is 2. The van der Waals surface area contributed by atoms with Gasteiger partial charge in [-0.25, -0.2) is 9.97 Å². The van der Waals surface area contributed by atoms with E-state index in [0.717, 1.165) is 44.0 Å². The van der Waals surface area contributed by atoms with Gasteiger partial charge in [-0.05, 0) is 68.0 Å². The molecule has 1 fully saturated rings. The number of anilines is 2. The Hall–Kier alpha value is -2.47. The van der Waals surface area contributed by atoms with Crippen LogP contribution in [0.2, 0.25) is 0 Å². The monoisotopic (exact) mass is 339 g/mol.